The van der Waals surface area contributed by atoms with E-state index in [1.807, 2.05) is 79.7 Å². The highest BCUT2D eigenvalue weighted by Gasteiger charge is 2.28. The van der Waals surface area contributed by atoms with Crippen molar-refractivity contribution in [1.29, 1.82) is 0 Å². The lowest BCUT2D eigenvalue weighted by molar-refractivity contribution is -0.127. The van der Waals surface area contributed by atoms with E-state index in [-0.39, 0.29) is 5.91 Å². The van der Waals surface area contributed by atoms with Gasteiger partial charge in [-0.2, -0.15) is 5.10 Å². The minimum Gasteiger partial charge on any atom is -0.457 e. The van der Waals surface area contributed by atoms with Crippen LogP contribution in [0.1, 0.15) is 21.7 Å². The number of carbonyl (C=O) groups is 2. The molecule has 9 heteroatoms. The Kier molecular flexibility index (Phi) is 6.30. The van der Waals surface area contributed by atoms with Crippen LogP contribution < -0.4 is 10.5 Å². The number of hydrogen-bond donors (Lipinski definition) is 2. The van der Waals surface area contributed by atoms with E-state index in [9.17, 15) is 9.59 Å². The largest absolute Gasteiger partial charge is 0.457 e. The number of imidazole rings is 1. The maximum atomic E-state index is 12.7. The molecule has 3 N–H and O–H groups in total. The molecule has 0 unspecified atom stereocenters. The number of hydrogen-bond acceptors (Lipinski definition) is 5. The second-order valence-electron chi connectivity index (χ2n) is 9.01. The summed E-state index contributed by atoms with van der Waals surface area (Å²) < 4.78 is 7.58. The fourth-order valence-corrected chi connectivity index (χ4v) is 4.35. The summed E-state index contributed by atoms with van der Waals surface area (Å²) in [5, 5.41) is 4.75. The molecular formula is C27H28N6O3. The van der Waals surface area contributed by atoms with Gasteiger partial charge in [0.25, 0.3) is 5.91 Å². The molecule has 0 spiro atoms. The SMILES string of the molecule is CN(C)C/C=C/C(=O)N1CCc2[nH]c3c(C(N)=O)c(-c4ccc(Oc5ccccc5)cc4)nn3c2C1. The van der Waals surface area contributed by atoms with Gasteiger partial charge in [-0.1, -0.05) is 24.3 Å². The van der Waals surface area contributed by atoms with Crippen molar-refractivity contribution in [2.24, 2.45) is 5.73 Å². The Hall–Kier alpha value is -4.37. The zero-order chi connectivity index (χ0) is 25.2. The van der Waals surface area contributed by atoms with E-state index in [1.165, 1.54) is 0 Å². The molecule has 0 atom stereocenters. The molecule has 0 bridgehead atoms. The van der Waals surface area contributed by atoms with Gasteiger partial charge in [0, 0.05) is 36.8 Å². The number of primary amides is 1. The summed E-state index contributed by atoms with van der Waals surface area (Å²) in [6, 6.07) is 16.9. The van der Waals surface area contributed by atoms with E-state index < -0.39 is 5.91 Å². The van der Waals surface area contributed by atoms with Crippen molar-refractivity contribution < 1.29 is 14.3 Å². The summed E-state index contributed by atoms with van der Waals surface area (Å²) in [6.07, 6.45) is 4.11. The molecule has 0 radical (unpaired) electrons. The lowest BCUT2D eigenvalue weighted by atomic mass is 10.1. The number of likely N-dealkylation sites (N-methyl/N-ethyl adjacent to an activating group) is 1. The fraction of sp³-hybridized carbons (Fsp3) is 0.222. The molecule has 0 fully saturated rings. The number of nitrogens with one attached hydrogen (secondary N) is 1. The van der Waals surface area contributed by atoms with Gasteiger partial charge in [-0.05, 0) is 50.5 Å². The molecule has 3 heterocycles. The summed E-state index contributed by atoms with van der Waals surface area (Å²) in [4.78, 5) is 32.3. The normalized spacial score (nSPS) is 13.5. The first kappa shape index (κ1) is 23.4. The number of carbonyl (C=O) groups excluding carboxylic acids is 2. The third kappa shape index (κ3) is 4.60. The second-order valence-corrected chi connectivity index (χ2v) is 9.01. The first-order valence-corrected chi connectivity index (χ1v) is 11.8. The number of fused-ring (bicyclic) bond motifs is 3. The van der Waals surface area contributed by atoms with Crippen molar-refractivity contribution >= 4 is 17.5 Å². The number of ether oxygens (including phenoxy) is 1. The molecule has 4 aromatic rings. The Labute approximate surface area is 208 Å². The molecule has 0 saturated carbocycles. The minimum absolute atomic E-state index is 0.0478. The Morgan fingerprint density at radius 1 is 1.11 bits per heavy atom. The monoisotopic (exact) mass is 484 g/mol. The van der Waals surface area contributed by atoms with Crippen LogP contribution in [0.5, 0.6) is 11.5 Å². The zero-order valence-corrected chi connectivity index (χ0v) is 20.3. The molecule has 36 heavy (non-hydrogen) atoms. The quantitative estimate of drug-likeness (QED) is 0.392. The Morgan fingerprint density at radius 2 is 1.83 bits per heavy atom. The standard InChI is InChI=1S/C27H28N6O3/c1-31(2)15-6-9-23(34)32-16-14-21-22(17-32)33-27(29-21)24(26(28)35)25(30-33)18-10-12-20(13-11-18)36-19-7-4-3-5-8-19/h3-13,29H,14-17H2,1-2H3,(H2,28,35)/b9-6+. The van der Waals surface area contributed by atoms with Crippen LogP contribution in [0.3, 0.4) is 0 Å². The van der Waals surface area contributed by atoms with Crippen LogP contribution >= 0.6 is 0 Å². The van der Waals surface area contributed by atoms with Gasteiger partial charge in [-0.15, -0.1) is 0 Å². The van der Waals surface area contributed by atoms with Gasteiger partial charge in [-0.3, -0.25) is 9.59 Å². The maximum absolute atomic E-state index is 12.7. The van der Waals surface area contributed by atoms with Crippen molar-refractivity contribution in [3.8, 4) is 22.8 Å². The van der Waals surface area contributed by atoms with Crippen LogP contribution in [0.25, 0.3) is 16.9 Å². The molecule has 2 amide bonds. The van der Waals surface area contributed by atoms with E-state index in [2.05, 4.69) is 4.98 Å². The van der Waals surface area contributed by atoms with E-state index in [1.54, 1.807) is 15.5 Å². The molecule has 2 aromatic carbocycles. The average molecular weight is 485 g/mol. The lowest BCUT2D eigenvalue weighted by Gasteiger charge is -2.25. The number of aromatic amines is 1. The summed E-state index contributed by atoms with van der Waals surface area (Å²) in [5.74, 6) is 0.793. The molecule has 184 valence electrons. The fourth-order valence-electron chi connectivity index (χ4n) is 4.35. The number of para-hydroxylation sites is 1. The molecule has 9 nitrogen and oxygen atoms in total. The number of amides is 2. The van der Waals surface area contributed by atoms with Crippen molar-refractivity contribution in [3.63, 3.8) is 0 Å². The molecule has 5 rings (SSSR count). The summed E-state index contributed by atoms with van der Waals surface area (Å²) in [6.45, 7) is 1.67. The van der Waals surface area contributed by atoms with Crippen LogP contribution in [0.4, 0.5) is 0 Å². The Morgan fingerprint density at radius 3 is 2.53 bits per heavy atom. The van der Waals surface area contributed by atoms with Crippen LogP contribution in [0, 0.1) is 0 Å². The number of nitrogens with zero attached hydrogens (tertiary/aromatic N) is 4. The first-order valence-electron chi connectivity index (χ1n) is 11.8. The number of benzene rings is 2. The number of H-pyrrole nitrogens is 1. The van der Waals surface area contributed by atoms with Gasteiger partial charge in [0.05, 0.1) is 12.2 Å². The highest BCUT2D eigenvalue weighted by atomic mass is 16.5. The Bertz CT molecular complexity index is 1430. The second kappa shape index (κ2) is 9.71. The molecule has 0 saturated heterocycles. The van der Waals surface area contributed by atoms with Gasteiger partial charge in [0.1, 0.15) is 28.4 Å². The van der Waals surface area contributed by atoms with E-state index >= 15 is 0 Å². The van der Waals surface area contributed by atoms with Gasteiger partial charge in [0.2, 0.25) is 5.91 Å². The summed E-state index contributed by atoms with van der Waals surface area (Å²) >= 11 is 0. The van der Waals surface area contributed by atoms with Gasteiger partial charge in [0.15, 0.2) is 0 Å². The Balaban J connectivity index is 1.44. The predicted octanol–water partition coefficient (Wildman–Crippen LogP) is 3.22. The van der Waals surface area contributed by atoms with Crippen molar-refractivity contribution in [2.45, 2.75) is 13.0 Å². The smallest absolute Gasteiger partial charge is 0.254 e. The van der Waals surface area contributed by atoms with Crippen LogP contribution in [-0.4, -0.2) is 63.4 Å². The highest BCUT2D eigenvalue weighted by molar-refractivity contribution is 6.04. The molecular weight excluding hydrogens is 456 g/mol. The zero-order valence-electron chi connectivity index (χ0n) is 20.3. The van der Waals surface area contributed by atoms with Crippen molar-refractivity contribution in [2.75, 3.05) is 27.2 Å². The molecule has 1 aliphatic rings. The molecule has 2 aromatic heterocycles. The van der Waals surface area contributed by atoms with Crippen molar-refractivity contribution in [1.82, 2.24) is 24.4 Å². The van der Waals surface area contributed by atoms with Crippen LogP contribution in [0.2, 0.25) is 0 Å². The van der Waals surface area contributed by atoms with E-state index in [0.29, 0.717) is 48.7 Å². The number of nitrogens with two attached hydrogens (primary N) is 1. The van der Waals surface area contributed by atoms with Crippen LogP contribution in [-0.2, 0) is 17.8 Å². The van der Waals surface area contributed by atoms with Gasteiger partial charge in [-0.25, -0.2) is 4.52 Å². The minimum atomic E-state index is -0.567. The average Bonchev–Trinajstić information content (AvgIpc) is 3.40. The van der Waals surface area contributed by atoms with E-state index in [0.717, 1.165) is 22.7 Å². The lowest BCUT2D eigenvalue weighted by Crippen LogP contribution is -2.35. The van der Waals surface area contributed by atoms with Gasteiger partial charge >= 0.3 is 0 Å². The van der Waals surface area contributed by atoms with Crippen molar-refractivity contribution in [3.05, 3.63) is 83.7 Å². The predicted molar refractivity (Wildman–Crippen MR) is 137 cm³/mol. The van der Waals surface area contributed by atoms with Crippen LogP contribution in [0.15, 0.2) is 66.7 Å². The number of aromatic nitrogens is 3. The molecule has 0 aliphatic carbocycles. The highest BCUT2D eigenvalue weighted by Crippen LogP contribution is 2.31. The third-order valence-corrected chi connectivity index (χ3v) is 6.13. The first-order chi connectivity index (χ1) is 17.4. The third-order valence-electron chi connectivity index (χ3n) is 6.13. The topological polar surface area (TPSA) is 109 Å². The van der Waals surface area contributed by atoms with E-state index in [4.69, 9.17) is 15.6 Å². The summed E-state index contributed by atoms with van der Waals surface area (Å²) in [5.41, 5.74) is 9.70. The van der Waals surface area contributed by atoms with Gasteiger partial charge < -0.3 is 25.3 Å². The number of rotatable bonds is 7. The molecule has 1 aliphatic heterocycles. The maximum Gasteiger partial charge on any atom is 0.254 e. The summed E-state index contributed by atoms with van der Waals surface area (Å²) in [7, 11) is 3.90.